The fourth-order valence-corrected chi connectivity index (χ4v) is 3.65. The summed E-state index contributed by atoms with van der Waals surface area (Å²) in [6, 6.07) is 12.6. The monoisotopic (exact) mass is 411 g/mol. The highest BCUT2D eigenvalue weighted by Gasteiger charge is 2.20. The van der Waals surface area contributed by atoms with Crippen molar-refractivity contribution in [2.75, 3.05) is 7.05 Å². The van der Waals surface area contributed by atoms with Gasteiger partial charge in [-0.15, -0.1) is 0 Å². The van der Waals surface area contributed by atoms with Gasteiger partial charge >= 0.3 is 0 Å². The van der Waals surface area contributed by atoms with Gasteiger partial charge in [0.2, 0.25) is 0 Å². The first kappa shape index (κ1) is 14.8. The van der Waals surface area contributed by atoms with Crippen LogP contribution >= 0.6 is 31.9 Å². The van der Waals surface area contributed by atoms with Crippen molar-refractivity contribution in [2.24, 2.45) is 0 Å². The van der Waals surface area contributed by atoms with Gasteiger partial charge in [0.05, 0.1) is 6.04 Å². The Labute approximate surface area is 138 Å². The summed E-state index contributed by atoms with van der Waals surface area (Å²) in [5, 5.41) is 3.98. The molecule has 1 aromatic heterocycles. The lowest BCUT2D eigenvalue weighted by Gasteiger charge is -2.16. The van der Waals surface area contributed by atoms with E-state index in [4.69, 9.17) is 4.42 Å². The van der Waals surface area contributed by atoms with E-state index in [2.05, 4.69) is 37.2 Å². The van der Waals surface area contributed by atoms with Crippen molar-refractivity contribution >= 4 is 42.8 Å². The van der Waals surface area contributed by atoms with Crippen LogP contribution in [0.2, 0.25) is 0 Å². The zero-order valence-corrected chi connectivity index (χ0v) is 14.3. The molecule has 1 heterocycles. The molecule has 0 saturated carbocycles. The van der Waals surface area contributed by atoms with E-state index in [1.807, 2.05) is 37.4 Å². The highest BCUT2D eigenvalue weighted by atomic mass is 79.9. The summed E-state index contributed by atoms with van der Waals surface area (Å²) in [5.41, 5.74) is 1.32. The Morgan fingerprint density at radius 2 is 1.95 bits per heavy atom. The van der Waals surface area contributed by atoms with Crippen LogP contribution in [0.15, 0.2) is 55.8 Å². The molecule has 0 saturated heterocycles. The summed E-state index contributed by atoms with van der Waals surface area (Å²) in [6.45, 7) is 0. The lowest BCUT2D eigenvalue weighted by atomic mass is 10.0. The first-order valence-electron chi connectivity index (χ1n) is 6.40. The van der Waals surface area contributed by atoms with Crippen LogP contribution in [-0.2, 0) is 0 Å². The second-order valence-electron chi connectivity index (χ2n) is 4.69. The highest BCUT2D eigenvalue weighted by molar-refractivity contribution is 9.11. The van der Waals surface area contributed by atoms with Crippen LogP contribution in [-0.4, -0.2) is 7.05 Å². The molecular weight excluding hydrogens is 401 g/mol. The zero-order chi connectivity index (χ0) is 15.0. The molecule has 1 atom stereocenters. The Bertz CT molecular complexity index is 800. The van der Waals surface area contributed by atoms with Crippen LogP contribution < -0.4 is 5.32 Å². The van der Waals surface area contributed by atoms with Gasteiger partial charge in [0.15, 0.2) is 11.4 Å². The quantitative estimate of drug-likeness (QED) is 0.622. The largest absolute Gasteiger partial charge is 0.456 e. The molecule has 0 aliphatic rings. The maximum Gasteiger partial charge on any atom is 0.169 e. The molecule has 0 radical (unpaired) electrons. The van der Waals surface area contributed by atoms with E-state index in [1.165, 1.54) is 6.07 Å². The normalized spacial score (nSPS) is 12.8. The lowest BCUT2D eigenvalue weighted by Crippen LogP contribution is -2.17. The van der Waals surface area contributed by atoms with Gasteiger partial charge in [-0.05, 0) is 36.9 Å². The predicted molar refractivity (Wildman–Crippen MR) is 88.9 cm³/mol. The fraction of sp³-hybridized carbons (Fsp3) is 0.125. The Morgan fingerprint density at radius 1 is 1.14 bits per heavy atom. The van der Waals surface area contributed by atoms with Gasteiger partial charge in [-0.2, -0.15) is 0 Å². The Hall–Kier alpha value is -1.17. The third-order valence-electron chi connectivity index (χ3n) is 3.36. The third kappa shape index (κ3) is 2.78. The number of furan rings is 1. The number of rotatable bonds is 3. The van der Waals surface area contributed by atoms with E-state index in [1.54, 1.807) is 6.07 Å². The summed E-state index contributed by atoms with van der Waals surface area (Å²) in [4.78, 5) is 0. The summed E-state index contributed by atoms with van der Waals surface area (Å²) >= 11 is 7.00. The van der Waals surface area contributed by atoms with Crippen LogP contribution in [0.4, 0.5) is 4.39 Å². The highest BCUT2D eigenvalue weighted by Crippen LogP contribution is 2.33. The second-order valence-corrected chi connectivity index (χ2v) is 6.46. The van der Waals surface area contributed by atoms with E-state index in [9.17, 15) is 4.39 Å². The Morgan fingerprint density at radius 3 is 2.62 bits per heavy atom. The molecule has 0 bridgehead atoms. The van der Waals surface area contributed by atoms with Crippen molar-refractivity contribution in [3.63, 3.8) is 0 Å². The van der Waals surface area contributed by atoms with E-state index in [0.29, 0.717) is 11.3 Å². The minimum absolute atomic E-state index is 0.153. The van der Waals surface area contributed by atoms with Gasteiger partial charge in [-0.25, -0.2) is 4.39 Å². The smallest absolute Gasteiger partial charge is 0.169 e. The number of hydrogen-bond acceptors (Lipinski definition) is 2. The Balaban J connectivity index is 2.11. The predicted octanol–water partition coefficient (Wildman–Crippen LogP) is 5.41. The molecule has 0 amide bonds. The first-order chi connectivity index (χ1) is 10.1. The van der Waals surface area contributed by atoms with Gasteiger partial charge in [0.1, 0.15) is 5.76 Å². The van der Waals surface area contributed by atoms with E-state index in [0.717, 1.165) is 19.9 Å². The molecule has 3 rings (SSSR count). The van der Waals surface area contributed by atoms with Crippen LogP contribution in [0, 0.1) is 5.82 Å². The molecule has 108 valence electrons. The van der Waals surface area contributed by atoms with Crippen molar-refractivity contribution in [3.8, 4) is 0 Å². The zero-order valence-electron chi connectivity index (χ0n) is 11.2. The molecule has 0 fully saturated rings. The number of nitrogens with one attached hydrogen (secondary N) is 1. The van der Waals surface area contributed by atoms with E-state index in [-0.39, 0.29) is 11.9 Å². The van der Waals surface area contributed by atoms with Crippen LogP contribution in [0.3, 0.4) is 0 Å². The van der Waals surface area contributed by atoms with Crippen LogP contribution in [0.1, 0.15) is 17.4 Å². The number of halogens is 3. The number of para-hydroxylation sites is 1. The molecule has 0 spiro atoms. The van der Waals surface area contributed by atoms with E-state index < -0.39 is 0 Å². The molecule has 3 aromatic rings. The first-order valence-corrected chi connectivity index (χ1v) is 7.99. The average Bonchev–Trinajstić information content (AvgIpc) is 2.87. The van der Waals surface area contributed by atoms with Gasteiger partial charge in [0.25, 0.3) is 0 Å². The third-order valence-corrected chi connectivity index (χ3v) is 4.54. The Kier molecular flexibility index (Phi) is 4.15. The molecule has 0 aliphatic carbocycles. The van der Waals surface area contributed by atoms with Crippen molar-refractivity contribution in [1.29, 1.82) is 0 Å². The number of fused-ring (bicyclic) bond motifs is 1. The van der Waals surface area contributed by atoms with Crippen LogP contribution in [0.25, 0.3) is 11.0 Å². The molecule has 5 heteroatoms. The SMILES string of the molecule is CNC(c1cc2cccc(F)c2o1)c1ccc(Br)cc1Br. The maximum atomic E-state index is 13.8. The summed E-state index contributed by atoms with van der Waals surface area (Å²) in [5.74, 6) is 0.337. The van der Waals surface area contributed by atoms with E-state index >= 15 is 0 Å². The summed E-state index contributed by atoms with van der Waals surface area (Å²) < 4.78 is 21.4. The van der Waals surface area contributed by atoms with Crippen molar-refractivity contribution < 1.29 is 8.81 Å². The topological polar surface area (TPSA) is 25.2 Å². The van der Waals surface area contributed by atoms with Gasteiger partial charge in [0, 0.05) is 14.3 Å². The van der Waals surface area contributed by atoms with Gasteiger partial charge in [-0.3, -0.25) is 0 Å². The lowest BCUT2D eigenvalue weighted by molar-refractivity contribution is 0.476. The molecule has 1 unspecified atom stereocenters. The van der Waals surface area contributed by atoms with Crippen molar-refractivity contribution in [1.82, 2.24) is 5.32 Å². The number of hydrogen-bond donors (Lipinski definition) is 1. The molecular formula is C16H12Br2FNO. The minimum Gasteiger partial charge on any atom is -0.456 e. The van der Waals surface area contributed by atoms with Gasteiger partial charge in [-0.1, -0.05) is 50.1 Å². The molecule has 2 nitrogen and oxygen atoms in total. The minimum atomic E-state index is -0.344. The summed E-state index contributed by atoms with van der Waals surface area (Å²) in [7, 11) is 1.85. The molecule has 1 N–H and O–H groups in total. The van der Waals surface area contributed by atoms with Crippen molar-refractivity contribution in [2.45, 2.75) is 6.04 Å². The van der Waals surface area contributed by atoms with Crippen molar-refractivity contribution in [3.05, 3.63) is 68.6 Å². The molecule has 21 heavy (non-hydrogen) atoms. The maximum absolute atomic E-state index is 13.8. The second kappa shape index (κ2) is 5.91. The number of benzene rings is 2. The standard InChI is InChI=1S/C16H12Br2FNO/c1-20-15(11-6-5-10(17)8-12(11)18)14-7-9-3-2-4-13(19)16(9)21-14/h2-8,15,20H,1H3. The summed E-state index contributed by atoms with van der Waals surface area (Å²) in [6.07, 6.45) is 0. The van der Waals surface area contributed by atoms with Crippen LogP contribution in [0.5, 0.6) is 0 Å². The fourth-order valence-electron chi connectivity index (χ4n) is 2.38. The molecule has 2 aromatic carbocycles. The van der Waals surface area contributed by atoms with Gasteiger partial charge < -0.3 is 9.73 Å². The average molecular weight is 413 g/mol. The molecule has 0 aliphatic heterocycles.